The molecule has 130 valence electrons. The summed E-state index contributed by atoms with van der Waals surface area (Å²) in [6, 6.07) is 9.31. The van der Waals surface area contributed by atoms with Crippen LogP contribution in [0.2, 0.25) is 0 Å². The zero-order valence-electron chi connectivity index (χ0n) is 14.1. The van der Waals surface area contributed by atoms with Gasteiger partial charge in [-0.25, -0.2) is 13.1 Å². The lowest BCUT2D eigenvalue weighted by Crippen LogP contribution is -2.46. The van der Waals surface area contributed by atoms with Crippen LogP contribution in [0.4, 0.5) is 0 Å². The predicted molar refractivity (Wildman–Crippen MR) is 94.9 cm³/mol. The third-order valence-corrected chi connectivity index (χ3v) is 5.69. The van der Waals surface area contributed by atoms with Crippen LogP contribution in [0.5, 0.6) is 0 Å². The topological polar surface area (TPSA) is 52.6 Å². The summed E-state index contributed by atoms with van der Waals surface area (Å²) < 4.78 is 26.7. The molecule has 0 aliphatic carbocycles. The molecule has 0 unspecified atom stereocenters. The van der Waals surface area contributed by atoms with Crippen LogP contribution in [-0.2, 0) is 15.8 Å². The van der Waals surface area contributed by atoms with Gasteiger partial charge in [-0.2, -0.15) is 0 Å². The first-order valence-electron chi connectivity index (χ1n) is 8.55. The molecule has 1 saturated heterocycles. The summed E-state index contributed by atoms with van der Waals surface area (Å²) in [4.78, 5) is 4.94. The van der Waals surface area contributed by atoms with Crippen molar-refractivity contribution in [1.82, 2.24) is 14.5 Å². The summed E-state index contributed by atoms with van der Waals surface area (Å²) in [5, 5.41) is 0. The first-order chi connectivity index (χ1) is 11.1. The van der Waals surface area contributed by atoms with E-state index in [2.05, 4.69) is 21.4 Å². The van der Waals surface area contributed by atoms with Crippen LogP contribution >= 0.6 is 0 Å². The van der Waals surface area contributed by atoms with E-state index in [1.807, 2.05) is 30.3 Å². The van der Waals surface area contributed by atoms with Crippen molar-refractivity contribution in [3.63, 3.8) is 0 Å². The molecule has 1 heterocycles. The lowest BCUT2D eigenvalue weighted by atomic mass is 10.2. The largest absolute Gasteiger partial charge is 0.301 e. The van der Waals surface area contributed by atoms with Crippen molar-refractivity contribution in [2.45, 2.75) is 25.5 Å². The monoisotopic (exact) mass is 339 g/mol. The van der Waals surface area contributed by atoms with Crippen molar-refractivity contribution in [3.05, 3.63) is 35.9 Å². The number of hydrogen-bond acceptors (Lipinski definition) is 4. The average Bonchev–Trinajstić information content (AvgIpc) is 2.55. The van der Waals surface area contributed by atoms with Crippen LogP contribution in [0.15, 0.2) is 30.3 Å². The quantitative estimate of drug-likeness (QED) is 0.693. The second-order valence-corrected chi connectivity index (χ2v) is 7.93. The number of nitrogens with zero attached hydrogens (tertiary/aromatic N) is 2. The van der Waals surface area contributed by atoms with Gasteiger partial charge in [0.1, 0.15) is 0 Å². The van der Waals surface area contributed by atoms with Gasteiger partial charge in [-0.3, -0.25) is 0 Å². The third-order valence-electron chi connectivity index (χ3n) is 4.33. The van der Waals surface area contributed by atoms with E-state index in [-0.39, 0.29) is 5.75 Å². The zero-order chi connectivity index (χ0) is 16.5. The van der Waals surface area contributed by atoms with Gasteiger partial charge in [0, 0.05) is 32.7 Å². The lowest BCUT2D eigenvalue weighted by Gasteiger charge is -2.33. The summed E-state index contributed by atoms with van der Waals surface area (Å²) in [5.74, 6) is 0.0623. The van der Waals surface area contributed by atoms with Crippen LogP contribution in [0.25, 0.3) is 0 Å². The SMILES string of the molecule is CCN1CCN(CCCCNS(=O)(=O)Cc2ccccc2)CC1. The normalized spacial score (nSPS) is 17.4. The molecule has 0 spiro atoms. The number of piperazine rings is 1. The molecule has 1 fully saturated rings. The maximum absolute atomic E-state index is 12.0. The van der Waals surface area contributed by atoms with Gasteiger partial charge in [0.2, 0.25) is 10.0 Å². The van der Waals surface area contributed by atoms with Crippen molar-refractivity contribution in [2.75, 3.05) is 45.8 Å². The molecule has 0 radical (unpaired) electrons. The van der Waals surface area contributed by atoms with Crippen LogP contribution < -0.4 is 4.72 Å². The van der Waals surface area contributed by atoms with Crippen molar-refractivity contribution >= 4 is 10.0 Å². The molecular weight excluding hydrogens is 310 g/mol. The molecule has 1 aliphatic rings. The number of benzene rings is 1. The number of nitrogens with one attached hydrogen (secondary N) is 1. The predicted octanol–water partition coefficient (Wildman–Crippen LogP) is 1.52. The molecule has 1 N–H and O–H groups in total. The molecule has 0 atom stereocenters. The Morgan fingerprint density at radius 1 is 1.00 bits per heavy atom. The van der Waals surface area contributed by atoms with Crippen LogP contribution in [0, 0.1) is 0 Å². The highest BCUT2D eigenvalue weighted by atomic mass is 32.2. The van der Waals surface area contributed by atoms with Crippen molar-refractivity contribution in [1.29, 1.82) is 0 Å². The van der Waals surface area contributed by atoms with Crippen molar-refractivity contribution in [2.24, 2.45) is 0 Å². The molecule has 0 bridgehead atoms. The minimum Gasteiger partial charge on any atom is -0.301 e. The van der Waals surface area contributed by atoms with Gasteiger partial charge in [0.25, 0.3) is 0 Å². The van der Waals surface area contributed by atoms with Gasteiger partial charge in [0.05, 0.1) is 5.75 Å². The van der Waals surface area contributed by atoms with E-state index in [1.54, 1.807) is 0 Å². The molecular formula is C17H29N3O2S. The standard InChI is InChI=1S/C17H29N3O2S/c1-2-19-12-14-20(15-13-19)11-7-6-10-18-23(21,22)16-17-8-4-3-5-9-17/h3-5,8-9,18H,2,6-7,10-16H2,1H3. The van der Waals surface area contributed by atoms with Gasteiger partial charge in [-0.15, -0.1) is 0 Å². The van der Waals surface area contributed by atoms with E-state index in [0.717, 1.165) is 57.7 Å². The van der Waals surface area contributed by atoms with Gasteiger partial charge < -0.3 is 9.80 Å². The Morgan fingerprint density at radius 2 is 1.65 bits per heavy atom. The van der Waals surface area contributed by atoms with Crippen LogP contribution in [0.3, 0.4) is 0 Å². The highest BCUT2D eigenvalue weighted by Crippen LogP contribution is 2.05. The fraction of sp³-hybridized carbons (Fsp3) is 0.647. The van der Waals surface area contributed by atoms with Crippen molar-refractivity contribution in [3.8, 4) is 0 Å². The highest BCUT2D eigenvalue weighted by molar-refractivity contribution is 7.88. The molecule has 0 amide bonds. The summed E-state index contributed by atoms with van der Waals surface area (Å²) >= 11 is 0. The average molecular weight is 340 g/mol. The van der Waals surface area contributed by atoms with Crippen LogP contribution in [0.1, 0.15) is 25.3 Å². The molecule has 1 aromatic carbocycles. The van der Waals surface area contributed by atoms with Gasteiger partial charge in [0.15, 0.2) is 0 Å². The molecule has 23 heavy (non-hydrogen) atoms. The van der Waals surface area contributed by atoms with Gasteiger partial charge >= 0.3 is 0 Å². The lowest BCUT2D eigenvalue weighted by molar-refractivity contribution is 0.136. The summed E-state index contributed by atoms with van der Waals surface area (Å²) in [5.41, 5.74) is 0.828. The molecule has 1 aliphatic heterocycles. The first-order valence-corrected chi connectivity index (χ1v) is 10.2. The molecule has 0 aromatic heterocycles. The number of rotatable bonds is 9. The van der Waals surface area contributed by atoms with E-state index in [0.29, 0.717) is 6.54 Å². The minimum absolute atomic E-state index is 0.0623. The fourth-order valence-corrected chi connectivity index (χ4v) is 4.05. The highest BCUT2D eigenvalue weighted by Gasteiger charge is 2.15. The Labute approximate surface area is 140 Å². The molecule has 2 rings (SSSR count). The third kappa shape index (κ3) is 6.99. The van der Waals surface area contributed by atoms with Gasteiger partial charge in [-0.05, 0) is 31.5 Å². The summed E-state index contributed by atoms with van der Waals surface area (Å²) in [6.45, 7) is 9.51. The first kappa shape index (κ1) is 18.4. The molecule has 0 saturated carbocycles. The second-order valence-electron chi connectivity index (χ2n) is 6.12. The van der Waals surface area contributed by atoms with E-state index in [9.17, 15) is 8.42 Å². The Balaban J connectivity index is 1.58. The smallest absolute Gasteiger partial charge is 0.215 e. The van der Waals surface area contributed by atoms with Crippen LogP contribution in [-0.4, -0.2) is 64.0 Å². The van der Waals surface area contributed by atoms with E-state index >= 15 is 0 Å². The summed E-state index contributed by atoms with van der Waals surface area (Å²) in [6.07, 6.45) is 1.93. The zero-order valence-corrected chi connectivity index (χ0v) is 14.9. The maximum atomic E-state index is 12.0. The number of sulfonamides is 1. The number of likely N-dealkylation sites (N-methyl/N-ethyl adjacent to an activating group) is 1. The maximum Gasteiger partial charge on any atom is 0.215 e. The van der Waals surface area contributed by atoms with E-state index in [4.69, 9.17) is 0 Å². The van der Waals surface area contributed by atoms with E-state index < -0.39 is 10.0 Å². The molecule has 6 heteroatoms. The molecule has 5 nitrogen and oxygen atoms in total. The van der Waals surface area contributed by atoms with Gasteiger partial charge in [-0.1, -0.05) is 37.3 Å². The Kier molecular flexibility index (Phi) is 7.49. The number of unbranched alkanes of at least 4 members (excludes halogenated alkanes) is 1. The fourth-order valence-electron chi connectivity index (χ4n) is 2.86. The minimum atomic E-state index is -3.22. The summed E-state index contributed by atoms with van der Waals surface area (Å²) in [7, 11) is -3.22. The Morgan fingerprint density at radius 3 is 2.30 bits per heavy atom. The second kappa shape index (κ2) is 9.37. The molecule has 1 aromatic rings. The van der Waals surface area contributed by atoms with E-state index in [1.165, 1.54) is 0 Å². The number of hydrogen-bond donors (Lipinski definition) is 1. The Bertz CT molecular complexity index is 540. The Hall–Kier alpha value is -0.950. The van der Waals surface area contributed by atoms with Crippen molar-refractivity contribution < 1.29 is 8.42 Å².